The number of hydrogen-bond acceptors (Lipinski definition) is 4. The highest BCUT2D eigenvalue weighted by Gasteiger charge is 2.36. The number of nitrogens with zero attached hydrogens (tertiary/aromatic N) is 1. The zero-order chi connectivity index (χ0) is 17.7. The molecule has 0 saturated carbocycles. The number of carbonyl (C=O) groups excluding carboxylic acids is 2. The van der Waals surface area contributed by atoms with Crippen LogP contribution in [0, 0.1) is 0 Å². The minimum atomic E-state index is -0.500. The average Bonchev–Trinajstić information content (AvgIpc) is 2.81. The van der Waals surface area contributed by atoms with E-state index in [9.17, 15) is 9.59 Å². The fourth-order valence-corrected chi connectivity index (χ4v) is 2.76. The van der Waals surface area contributed by atoms with Crippen LogP contribution in [0.3, 0.4) is 0 Å². The largest absolute Gasteiger partial charge is 0.493 e. The first-order valence-corrected chi connectivity index (χ1v) is 8.10. The highest BCUT2D eigenvalue weighted by molar-refractivity contribution is 6.16. The lowest BCUT2D eigenvalue weighted by molar-refractivity contribution is -0.136. The molecule has 0 saturated heterocycles. The molecule has 5 nitrogen and oxygen atoms in total. The summed E-state index contributed by atoms with van der Waals surface area (Å²) in [5, 5.41) is 0. The van der Waals surface area contributed by atoms with Gasteiger partial charge in [-0.15, -0.1) is 0 Å². The van der Waals surface area contributed by atoms with Crippen LogP contribution in [0.4, 0.5) is 0 Å². The number of methoxy groups -OCH3 is 1. The quantitative estimate of drug-likeness (QED) is 0.594. The summed E-state index contributed by atoms with van der Waals surface area (Å²) < 4.78 is 10.5. The van der Waals surface area contributed by atoms with Gasteiger partial charge in [0.1, 0.15) is 5.75 Å². The Morgan fingerprint density at radius 1 is 1.25 bits per heavy atom. The number of esters is 1. The van der Waals surface area contributed by atoms with E-state index in [4.69, 9.17) is 9.47 Å². The third kappa shape index (κ3) is 3.35. The Hall–Kier alpha value is -2.56. The predicted octanol–water partition coefficient (Wildman–Crippen LogP) is 3.17. The average molecular weight is 329 g/mol. The molecule has 24 heavy (non-hydrogen) atoms. The molecule has 0 aliphatic carbocycles. The Balaban J connectivity index is 2.54. The predicted molar refractivity (Wildman–Crippen MR) is 92.3 cm³/mol. The fourth-order valence-electron chi connectivity index (χ4n) is 2.76. The molecule has 1 amide bonds. The lowest BCUT2D eigenvalue weighted by atomic mass is 10.0. The zero-order valence-electron chi connectivity index (χ0n) is 14.6. The first kappa shape index (κ1) is 17.8. The molecule has 0 aromatic heterocycles. The number of hydrogen-bond donors (Lipinski definition) is 0. The van der Waals surface area contributed by atoms with Gasteiger partial charge in [-0.05, 0) is 32.4 Å². The summed E-state index contributed by atoms with van der Waals surface area (Å²) in [6, 6.07) is 7.44. The summed E-state index contributed by atoms with van der Waals surface area (Å²) in [6.45, 7) is 6.75. The molecule has 1 aliphatic heterocycles. The van der Waals surface area contributed by atoms with Gasteiger partial charge in [0.15, 0.2) is 0 Å². The van der Waals surface area contributed by atoms with Gasteiger partial charge in [0.2, 0.25) is 0 Å². The number of rotatable bonds is 6. The maximum Gasteiger partial charge on any atom is 0.340 e. The Morgan fingerprint density at radius 3 is 2.58 bits per heavy atom. The summed E-state index contributed by atoms with van der Waals surface area (Å²) in [5.41, 5.74) is 2.06. The second-order valence-corrected chi connectivity index (χ2v) is 5.44. The van der Waals surface area contributed by atoms with Crippen LogP contribution in [0.1, 0.15) is 32.8 Å². The van der Waals surface area contributed by atoms with E-state index < -0.39 is 5.97 Å². The summed E-state index contributed by atoms with van der Waals surface area (Å²) in [5.74, 6) is -0.00300. The van der Waals surface area contributed by atoms with Gasteiger partial charge in [0.05, 0.1) is 24.9 Å². The van der Waals surface area contributed by atoms with Gasteiger partial charge >= 0.3 is 5.97 Å². The van der Waals surface area contributed by atoms with E-state index in [1.165, 1.54) is 7.11 Å². The summed E-state index contributed by atoms with van der Waals surface area (Å²) in [7, 11) is 1.32. The van der Waals surface area contributed by atoms with Crippen LogP contribution in [0.5, 0.6) is 5.75 Å². The normalized spacial score (nSPS) is 16.1. The molecular weight excluding hydrogens is 306 g/mol. The summed E-state index contributed by atoms with van der Waals surface area (Å²) in [6.07, 6.45) is 2.51. The number of benzene rings is 1. The number of ether oxygens (including phenoxy) is 2. The molecule has 0 bridgehead atoms. The molecule has 1 aromatic carbocycles. The first-order valence-electron chi connectivity index (χ1n) is 8.10. The van der Waals surface area contributed by atoms with Crippen LogP contribution in [0.15, 0.2) is 41.1 Å². The highest BCUT2D eigenvalue weighted by atomic mass is 16.5. The van der Waals surface area contributed by atoms with Crippen LogP contribution in [-0.2, 0) is 14.3 Å². The molecular formula is C19H23NO4. The minimum Gasteiger partial charge on any atom is -0.493 e. The molecule has 0 radical (unpaired) electrons. The lowest BCUT2D eigenvalue weighted by Crippen LogP contribution is -2.25. The van der Waals surface area contributed by atoms with Gasteiger partial charge in [-0.25, -0.2) is 4.79 Å². The number of carbonyl (C=O) groups is 2. The maximum atomic E-state index is 12.8. The van der Waals surface area contributed by atoms with Crippen molar-refractivity contribution in [3.8, 4) is 5.75 Å². The molecule has 0 spiro atoms. The minimum absolute atomic E-state index is 0.180. The Morgan fingerprint density at radius 2 is 1.96 bits per heavy atom. The van der Waals surface area contributed by atoms with Crippen molar-refractivity contribution in [2.24, 2.45) is 0 Å². The molecule has 0 unspecified atom stereocenters. The standard InChI is InChI=1S/C19H23NO4/c1-5-11-20-13(3)17(19(22)23-4)15(18(20)21)12-14-9-7-8-10-16(14)24-6-2/h7-10,12H,5-6,11H2,1-4H3/b15-12-. The van der Waals surface area contributed by atoms with E-state index in [-0.39, 0.29) is 5.91 Å². The lowest BCUT2D eigenvalue weighted by Gasteiger charge is -2.16. The van der Waals surface area contributed by atoms with Crippen molar-refractivity contribution < 1.29 is 19.1 Å². The van der Waals surface area contributed by atoms with E-state index in [1.807, 2.05) is 38.1 Å². The van der Waals surface area contributed by atoms with Gasteiger partial charge in [-0.3, -0.25) is 4.79 Å². The van der Waals surface area contributed by atoms with E-state index >= 15 is 0 Å². The molecule has 0 atom stereocenters. The van der Waals surface area contributed by atoms with Crippen molar-refractivity contribution in [3.05, 3.63) is 46.7 Å². The molecule has 2 rings (SSSR count). The van der Waals surface area contributed by atoms with Gasteiger partial charge in [-0.2, -0.15) is 0 Å². The number of allylic oxidation sites excluding steroid dienone is 1. The Labute approximate surface area is 142 Å². The van der Waals surface area contributed by atoms with E-state index in [2.05, 4.69) is 0 Å². The van der Waals surface area contributed by atoms with Crippen molar-refractivity contribution in [2.75, 3.05) is 20.3 Å². The molecule has 0 N–H and O–H groups in total. The topological polar surface area (TPSA) is 55.8 Å². The smallest absolute Gasteiger partial charge is 0.340 e. The van der Waals surface area contributed by atoms with E-state index in [0.717, 1.165) is 12.0 Å². The fraction of sp³-hybridized carbons (Fsp3) is 0.368. The monoisotopic (exact) mass is 329 g/mol. The number of para-hydroxylation sites is 1. The van der Waals surface area contributed by atoms with Gasteiger partial charge in [0.25, 0.3) is 5.91 Å². The van der Waals surface area contributed by atoms with Gasteiger partial charge < -0.3 is 14.4 Å². The van der Waals surface area contributed by atoms with E-state index in [1.54, 1.807) is 17.9 Å². The van der Waals surface area contributed by atoms with E-state index in [0.29, 0.717) is 35.7 Å². The van der Waals surface area contributed by atoms with Crippen LogP contribution in [0.2, 0.25) is 0 Å². The molecule has 1 aliphatic rings. The van der Waals surface area contributed by atoms with Crippen LogP contribution >= 0.6 is 0 Å². The van der Waals surface area contributed by atoms with Crippen LogP contribution < -0.4 is 4.74 Å². The third-order valence-electron chi connectivity index (χ3n) is 3.87. The van der Waals surface area contributed by atoms with Gasteiger partial charge in [-0.1, -0.05) is 25.1 Å². The Bertz CT molecular complexity index is 703. The SMILES string of the molecule is CCCN1C(=O)/C(=C\c2ccccc2OCC)C(C(=O)OC)=C1C. The molecule has 128 valence electrons. The third-order valence-corrected chi connectivity index (χ3v) is 3.87. The summed E-state index contributed by atoms with van der Waals surface area (Å²) >= 11 is 0. The van der Waals surface area contributed by atoms with Crippen LogP contribution in [0.25, 0.3) is 6.08 Å². The second kappa shape index (κ2) is 7.81. The van der Waals surface area contributed by atoms with Crippen molar-refractivity contribution in [1.82, 2.24) is 4.90 Å². The summed E-state index contributed by atoms with van der Waals surface area (Å²) in [4.78, 5) is 26.6. The maximum absolute atomic E-state index is 12.8. The molecule has 5 heteroatoms. The Kier molecular flexibility index (Phi) is 5.79. The second-order valence-electron chi connectivity index (χ2n) is 5.44. The van der Waals surface area contributed by atoms with Crippen molar-refractivity contribution in [1.29, 1.82) is 0 Å². The van der Waals surface area contributed by atoms with Gasteiger partial charge in [0, 0.05) is 17.8 Å². The molecule has 1 heterocycles. The molecule has 1 aromatic rings. The first-order chi connectivity index (χ1) is 11.5. The number of amides is 1. The zero-order valence-corrected chi connectivity index (χ0v) is 14.6. The van der Waals surface area contributed by atoms with Crippen molar-refractivity contribution in [3.63, 3.8) is 0 Å². The van der Waals surface area contributed by atoms with Crippen molar-refractivity contribution in [2.45, 2.75) is 27.2 Å². The van der Waals surface area contributed by atoms with Crippen molar-refractivity contribution >= 4 is 18.0 Å². The molecule has 0 fully saturated rings. The highest BCUT2D eigenvalue weighted by Crippen LogP contribution is 2.33. The van der Waals surface area contributed by atoms with Crippen LogP contribution in [-0.4, -0.2) is 37.0 Å².